The molecule has 1 aliphatic heterocycles. The summed E-state index contributed by atoms with van der Waals surface area (Å²) in [5.41, 5.74) is 1.77. The van der Waals surface area contributed by atoms with Gasteiger partial charge in [0.05, 0.1) is 0 Å². The third kappa shape index (κ3) is 3.65. The monoisotopic (exact) mass is 311 g/mol. The quantitative estimate of drug-likeness (QED) is 0.848. The Bertz CT molecular complexity index is 670. The van der Waals surface area contributed by atoms with Crippen LogP contribution in [0.15, 0.2) is 48.5 Å². The number of carbonyl (C=O) groups excluding carboxylic acids is 1. The number of hydrogen-bond acceptors (Lipinski definition) is 3. The average molecular weight is 311 g/mol. The van der Waals surface area contributed by atoms with Crippen LogP contribution in [-0.2, 0) is 6.54 Å². The van der Waals surface area contributed by atoms with Crippen molar-refractivity contribution < 1.29 is 14.3 Å². The first-order chi connectivity index (χ1) is 11.3. The van der Waals surface area contributed by atoms with E-state index >= 15 is 0 Å². The highest BCUT2D eigenvalue weighted by Gasteiger charge is 2.19. The zero-order valence-electron chi connectivity index (χ0n) is 13.3. The molecule has 0 N–H and O–H groups in total. The molecule has 2 aromatic rings. The maximum absolute atomic E-state index is 12.9. The molecule has 0 aromatic heterocycles. The van der Waals surface area contributed by atoms with Crippen molar-refractivity contribution in [2.24, 2.45) is 0 Å². The molecule has 120 valence electrons. The fourth-order valence-electron chi connectivity index (χ4n) is 2.69. The van der Waals surface area contributed by atoms with E-state index in [-0.39, 0.29) is 5.91 Å². The lowest BCUT2D eigenvalue weighted by atomic mass is 10.1. The third-order valence-corrected chi connectivity index (χ3v) is 3.79. The topological polar surface area (TPSA) is 38.8 Å². The number of benzene rings is 2. The number of hydrogen-bond donors (Lipinski definition) is 0. The number of carbonyl (C=O) groups is 1. The van der Waals surface area contributed by atoms with Crippen LogP contribution in [0.1, 0.15) is 29.3 Å². The van der Waals surface area contributed by atoms with E-state index < -0.39 is 0 Å². The van der Waals surface area contributed by atoms with Gasteiger partial charge in [0.2, 0.25) is 0 Å². The van der Waals surface area contributed by atoms with E-state index in [0.29, 0.717) is 36.8 Å². The van der Waals surface area contributed by atoms with Gasteiger partial charge in [-0.25, -0.2) is 0 Å². The molecule has 0 aliphatic carbocycles. The Hall–Kier alpha value is -2.49. The van der Waals surface area contributed by atoms with Crippen molar-refractivity contribution in [1.82, 2.24) is 4.90 Å². The van der Waals surface area contributed by atoms with Crippen LogP contribution in [0.5, 0.6) is 11.5 Å². The Morgan fingerprint density at radius 2 is 1.78 bits per heavy atom. The van der Waals surface area contributed by atoms with E-state index in [2.05, 4.69) is 6.92 Å². The van der Waals surface area contributed by atoms with Crippen LogP contribution in [0.25, 0.3) is 0 Å². The van der Waals surface area contributed by atoms with Crippen molar-refractivity contribution in [3.8, 4) is 11.5 Å². The fourth-order valence-corrected chi connectivity index (χ4v) is 2.69. The summed E-state index contributed by atoms with van der Waals surface area (Å²) in [5, 5.41) is 0. The van der Waals surface area contributed by atoms with Gasteiger partial charge < -0.3 is 14.4 Å². The van der Waals surface area contributed by atoms with Gasteiger partial charge in [0, 0.05) is 18.7 Å². The Morgan fingerprint density at radius 1 is 1.04 bits per heavy atom. The standard InChI is InChI=1S/C19H21NO3/c1-2-10-20(14-15-6-4-3-5-7-15)19(21)16-8-9-17-18(13-16)23-12-11-22-17/h3-9,13H,2,10-12,14H2,1H3. The minimum atomic E-state index is 0.0210. The number of amides is 1. The lowest BCUT2D eigenvalue weighted by molar-refractivity contribution is 0.0742. The first-order valence-electron chi connectivity index (χ1n) is 8.01. The van der Waals surface area contributed by atoms with E-state index in [9.17, 15) is 4.79 Å². The molecule has 0 spiro atoms. The summed E-state index contributed by atoms with van der Waals surface area (Å²) in [6.45, 7) is 4.49. The second kappa shape index (κ2) is 7.18. The largest absolute Gasteiger partial charge is 0.486 e. The van der Waals surface area contributed by atoms with Gasteiger partial charge in [-0.05, 0) is 30.2 Å². The summed E-state index contributed by atoms with van der Waals surface area (Å²) in [5.74, 6) is 1.38. The summed E-state index contributed by atoms with van der Waals surface area (Å²) in [6.07, 6.45) is 0.920. The molecular formula is C19H21NO3. The molecule has 0 unspecified atom stereocenters. The molecule has 3 rings (SSSR count). The van der Waals surface area contributed by atoms with Crippen molar-refractivity contribution in [3.05, 3.63) is 59.7 Å². The molecule has 4 nitrogen and oxygen atoms in total. The van der Waals surface area contributed by atoms with Crippen molar-refractivity contribution in [2.45, 2.75) is 19.9 Å². The number of nitrogens with zero attached hydrogens (tertiary/aromatic N) is 1. The van der Waals surface area contributed by atoms with Crippen LogP contribution < -0.4 is 9.47 Å². The molecule has 4 heteroatoms. The minimum Gasteiger partial charge on any atom is -0.486 e. The maximum Gasteiger partial charge on any atom is 0.254 e. The summed E-state index contributed by atoms with van der Waals surface area (Å²) in [4.78, 5) is 14.7. The molecule has 23 heavy (non-hydrogen) atoms. The summed E-state index contributed by atoms with van der Waals surface area (Å²) < 4.78 is 11.1. The molecule has 1 amide bonds. The van der Waals surface area contributed by atoms with Crippen LogP contribution in [0.3, 0.4) is 0 Å². The first kappa shape index (κ1) is 15.4. The van der Waals surface area contributed by atoms with E-state index in [0.717, 1.165) is 18.5 Å². The van der Waals surface area contributed by atoms with Crippen LogP contribution in [0, 0.1) is 0 Å². The lowest BCUT2D eigenvalue weighted by Gasteiger charge is -2.24. The number of fused-ring (bicyclic) bond motifs is 1. The molecule has 0 saturated heterocycles. The van der Waals surface area contributed by atoms with E-state index in [4.69, 9.17) is 9.47 Å². The van der Waals surface area contributed by atoms with Crippen molar-refractivity contribution in [1.29, 1.82) is 0 Å². The first-order valence-corrected chi connectivity index (χ1v) is 8.01. The molecule has 0 bridgehead atoms. The number of rotatable bonds is 5. The van der Waals surface area contributed by atoms with Gasteiger partial charge in [0.15, 0.2) is 11.5 Å². The van der Waals surface area contributed by atoms with E-state index in [1.165, 1.54) is 0 Å². The van der Waals surface area contributed by atoms with Crippen LogP contribution in [0.4, 0.5) is 0 Å². The molecule has 1 heterocycles. The predicted octanol–water partition coefficient (Wildman–Crippen LogP) is 3.51. The summed E-state index contributed by atoms with van der Waals surface area (Å²) in [7, 11) is 0. The second-order valence-corrected chi connectivity index (χ2v) is 5.57. The fraction of sp³-hybridized carbons (Fsp3) is 0.316. The number of ether oxygens (including phenoxy) is 2. The highest BCUT2D eigenvalue weighted by Crippen LogP contribution is 2.31. The van der Waals surface area contributed by atoms with Gasteiger partial charge in [-0.15, -0.1) is 0 Å². The maximum atomic E-state index is 12.9. The van der Waals surface area contributed by atoms with Gasteiger partial charge >= 0.3 is 0 Å². The molecule has 0 radical (unpaired) electrons. The van der Waals surface area contributed by atoms with Crippen molar-refractivity contribution >= 4 is 5.91 Å². The van der Waals surface area contributed by atoms with Gasteiger partial charge in [0.1, 0.15) is 13.2 Å². The molecular weight excluding hydrogens is 290 g/mol. The van der Waals surface area contributed by atoms with Crippen molar-refractivity contribution in [3.63, 3.8) is 0 Å². The van der Waals surface area contributed by atoms with Gasteiger partial charge in [-0.1, -0.05) is 37.3 Å². The highest BCUT2D eigenvalue weighted by molar-refractivity contribution is 5.95. The van der Waals surface area contributed by atoms with Crippen LogP contribution in [-0.4, -0.2) is 30.6 Å². The molecule has 0 atom stereocenters. The highest BCUT2D eigenvalue weighted by atomic mass is 16.6. The zero-order chi connectivity index (χ0) is 16.1. The van der Waals surface area contributed by atoms with Gasteiger partial charge in [0.25, 0.3) is 5.91 Å². The second-order valence-electron chi connectivity index (χ2n) is 5.57. The van der Waals surface area contributed by atoms with E-state index in [1.54, 1.807) is 6.07 Å². The van der Waals surface area contributed by atoms with Crippen molar-refractivity contribution in [2.75, 3.05) is 19.8 Å². The predicted molar refractivity (Wildman–Crippen MR) is 88.9 cm³/mol. The third-order valence-electron chi connectivity index (χ3n) is 3.79. The molecule has 0 fully saturated rings. The minimum absolute atomic E-state index is 0.0210. The van der Waals surface area contributed by atoms with E-state index in [1.807, 2.05) is 47.4 Å². The molecule has 0 saturated carbocycles. The Balaban J connectivity index is 1.80. The SMILES string of the molecule is CCCN(Cc1ccccc1)C(=O)c1ccc2c(c1)OCCO2. The Morgan fingerprint density at radius 3 is 2.52 bits per heavy atom. The lowest BCUT2D eigenvalue weighted by Crippen LogP contribution is -2.31. The van der Waals surface area contributed by atoms with Crippen LogP contribution in [0.2, 0.25) is 0 Å². The Labute approximate surface area is 136 Å². The normalized spacial score (nSPS) is 12.7. The molecule has 1 aliphatic rings. The smallest absolute Gasteiger partial charge is 0.254 e. The van der Waals surface area contributed by atoms with Gasteiger partial charge in [-0.3, -0.25) is 4.79 Å². The molecule has 2 aromatic carbocycles. The zero-order valence-corrected chi connectivity index (χ0v) is 13.3. The summed E-state index contributed by atoms with van der Waals surface area (Å²) in [6, 6.07) is 15.5. The average Bonchev–Trinajstić information content (AvgIpc) is 2.61. The Kier molecular flexibility index (Phi) is 4.81. The summed E-state index contributed by atoms with van der Waals surface area (Å²) >= 11 is 0. The van der Waals surface area contributed by atoms with Crippen LogP contribution >= 0.6 is 0 Å². The van der Waals surface area contributed by atoms with Gasteiger partial charge in [-0.2, -0.15) is 0 Å².